The molecule has 2 rings (SSSR count). The number of rotatable bonds is 9. The maximum Gasteiger partial charge on any atom is 0.240 e. The minimum atomic E-state index is -3.66. The number of carbonyl (C=O) groups excluding carboxylic acids is 1. The Balaban J connectivity index is 2.30. The SMILES string of the molecule is CCC(CC)(C(=O)Nc1cccc(S(=O)(=O)NCCN)c1)c1ccccc1. The summed E-state index contributed by atoms with van der Waals surface area (Å²) in [5.41, 5.74) is 6.07. The van der Waals surface area contributed by atoms with Gasteiger partial charge in [0.2, 0.25) is 15.9 Å². The van der Waals surface area contributed by atoms with Gasteiger partial charge in [0.1, 0.15) is 0 Å². The molecule has 0 aliphatic heterocycles. The summed E-state index contributed by atoms with van der Waals surface area (Å²) in [4.78, 5) is 13.2. The number of amides is 1. The largest absolute Gasteiger partial charge is 0.329 e. The highest BCUT2D eigenvalue weighted by molar-refractivity contribution is 7.89. The van der Waals surface area contributed by atoms with Crippen LogP contribution < -0.4 is 15.8 Å². The first-order valence-electron chi connectivity index (χ1n) is 9.06. The van der Waals surface area contributed by atoms with Crippen molar-refractivity contribution in [3.05, 3.63) is 60.2 Å². The fraction of sp³-hybridized carbons (Fsp3) is 0.350. The molecule has 27 heavy (non-hydrogen) atoms. The maximum atomic E-state index is 13.1. The van der Waals surface area contributed by atoms with Gasteiger partial charge < -0.3 is 11.1 Å². The van der Waals surface area contributed by atoms with Gasteiger partial charge in [0.15, 0.2) is 0 Å². The standard InChI is InChI=1S/C20H27N3O3S/c1-3-20(4-2,16-9-6-5-7-10-16)19(24)23-17-11-8-12-18(15-17)27(25,26)22-14-13-21/h5-12,15,22H,3-4,13-14,21H2,1-2H3,(H,23,24). The second-order valence-electron chi connectivity index (χ2n) is 6.32. The molecule has 146 valence electrons. The number of hydrogen-bond donors (Lipinski definition) is 3. The topological polar surface area (TPSA) is 101 Å². The number of nitrogens with two attached hydrogens (primary N) is 1. The van der Waals surface area contributed by atoms with Gasteiger partial charge in [-0.15, -0.1) is 0 Å². The van der Waals surface area contributed by atoms with Crippen LogP contribution in [0.1, 0.15) is 32.3 Å². The van der Waals surface area contributed by atoms with Crippen LogP contribution in [0.5, 0.6) is 0 Å². The van der Waals surface area contributed by atoms with Crippen molar-refractivity contribution in [1.29, 1.82) is 0 Å². The van der Waals surface area contributed by atoms with Gasteiger partial charge in [0.05, 0.1) is 10.3 Å². The van der Waals surface area contributed by atoms with Crippen molar-refractivity contribution in [2.75, 3.05) is 18.4 Å². The lowest BCUT2D eigenvalue weighted by Gasteiger charge is -2.31. The van der Waals surface area contributed by atoms with Crippen molar-refractivity contribution in [1.82, 2.24) is 4.72 Å². The summed E-state index contributed by atoms with van der Waals surface area (Å²) >= 11 is 0. The quantitative estimate of drug-likeness (QED) is 0.613. The number of nitrogens with one attached hydrogen (secondary N) is 2. The van der Waals surface area contributed by atoms with E-state index in [1.807, 2.05) is 44.2 Å². The van der Waals surface area contributed by atoms with Crippen LogP contribution in [-0.4, -0.2) is 27.4 Å². The van der Waals surface area contributed by atoms with Crippen molar-refractivity contribution in [3.8, 4) is 0 Å². The summed E-state index contributed by atoms with van der Waals surface area (Å²) in [6.45, 7) is 4.32. The summed E-state index contributed by atoms with van der Waals surface area (Å²) in [7, 11) is -3.66. The minimum absolute atomic E-state index is 0.0899. The maximum absolute atomic E-state index is 13.1. The van der Waals surface area contributed by atoms with E-state index in [4.69, 9.17) is 5.73 Å². The van der Waals surface area contributed by atoms with Crippen LogP contribution in [0.3, 0.4) is 0 Å². The number of benzene rings is 2. The summed E-state index contributed by atoms with van der Waals surface area (Å²) in [5.74, 6) is -0.150. The fourth-order valence-corrected chi connectivity index (χ4v) is 4.23. The van der Waals surface area contributed by atoms with Crippen LogP contribution >= 0.6 is 0 Å². The van der Waals surface area contributed by atoms with Gasteiger partial charge in [-0.1, -0.05) is 50.2 Å². The molecule has 6 nitrogen and oxygen atoms in total. The van der Waals surface area contributed by atoms with Crippen LogP contribution in [0.4, 0.5) is 5.69 Å². The van der Waals surface area contributed by atoms with E-state index >= 15 is 0 Å². The highest BCUT2D eigenvalue weighted by Gasteiger charge is 2.36. The molecule has 0 saturated carbocycles. The van der Waals surface area contributed by atoms with Gasteiger partial charge in [-0.2, -0.15) is 0 Å². The zero-order valence-corrected chi connectivity index (χ0v) is 16.6. The zero-order chi connectivity index (χ0) is 19.9. The first-order valence-corrected chi connectivity index (χ1v) is 10.5. The summed E-state index contributed by atoms with van der Waals surface area (Å²) in [6, 6.07) is 15.9. The second-order valence-corrected chi connectivity index (χ2v) is 8.09. The number of carbonyl (C=O) groups is 1. The lowest BCUT2D eigenvalue weighted by Crippen LogP contribution is -2.39. The van der Waals surface area contributed by atoms with Crippen LogP contribution in [0.15, 0.2) is 59.5 Å². The molecular weight excluding hydrogens is 362 g/mol. The molecule has 0 aliphatic carbocycles. The average molecular weight is 390 g/mol. The summed E-state index contributed by atoms with van der Waals surface area (Å²) in [6.07, 6.45) is 1.27. The third kappa shape index (κ3) is 4.74. The van der Waals surface area contributed by atoms with Crippen molar-refractivity contribution >= 4 is 21.6 Å². The monoisotopic (exact) mass is 389 g/mol. The molecule has 0 unspecified atom stereocenters. The van der Waals surface area contributed by atoms with Crippen LogP contribution in [0.2, 0.25) is 0 Å². The number of anilines is 1. The van der Waals surface area contributed by atoms with E-state index in [1.165, 1.54) is 12.1 Å². The first-order chi connectivity index (χ1) is 12.9. The molecule has 7 heteroatoms. The molecule has 0 spiro atoms. The lowest BCUT2D eigenvalue weighted by molar-refractivity contribution is -0.121. The highest BCUT2D eigenvalue weighted by atomic mass is 32.2. The van der Waals surface area contributed by atoms with Crippen LogP contribution in [0, 0.1) is 0 Å². The highest BCUT2D eigenvalue weighted by Crippen LogP contribution is 2.33. The third-order valence-electron chi connectivity index (χ3n) is 4.81. The Bertz CT molecular complexity index is 863. The van der Waals surface area contributed by atoms with E-state index in [0.717, 1.165) is 5.56 Å². The normalized spacial score (nSPS) is 12.0. The molecule has 0 saturated heterocycles. The molecule has 0 radical (unpaired) electrons. The molecule has 2 aromatic carbocycles. The van der Waals surface area contributed by atoms with Gasteiger partial charge in [-0.25, -0.2) is 13.1 Å². The van der Waals surface area contributed by atoms with Gasteiger partial charge in [0.25, 0.3) is 0 Å². The number of sulfonamides is 1. The van der Waals surface area contributed by atoms with Gasteiger partial charge >= 0.3 is 0 Å². The third-order valence-corrected chi connectivity index (χ3v) is 6.27. The molecule has 1 amide bonds. The Morgan fingerprint density at radius 2 is 1.70 bits per heavy atom. The minimum Gasteiger partial charge on any atom is -0.329 e. The lowest BCUT2D eigenvalue weighted by atomic mass is 9.75. The fourth-order valence-electron chi connectivity index (χ4n) is 3.14. The van der Waals surface area contributed by atoms with E-state index in [2.05, 4.69) is 10.0 Å². The molecule has 2 aromatic rings. The molecule has 0 heterocycles. The van der Waals surface area contributed by atoms with Gasteiger partial charge in [-0.3, -0.25) is 4.79 Å². The molecule has 0 aliphatic rings. The molecule has 0 atom stereocenters. The van der Waals surface area contributed by atoms with Crippen molar-refractivity contribution in [2.45, 2.75) is 37.0 Å². The van der Waals surface area contributed by atoms with E-state index < -0.39 is 15.4 Å². The Kier molecular flexibility index (Phi) is 7.12. The van der Waals surface area contributed by atoms with Crippen molar-refractivity contribution in [3.63, 3.8) is 0 Å². The zero-order valence-electron chi connectivity index (χ0n) is 15.7. The molecule has 0 aromatic heterocycles. The second kappa shape index (κ2) is 9.12. The molecule has 0 fully saturated rings. The van der Waals surface area contributed by atoms with Crippen molar-refractivity contribution in [2.24, 2.45) is 5.73 Å². The van der Waals surface area contributed by atoms with Crippen LogP contribution in [0.25, 0.3) is 0 Å². The number of hydrogen-bond acceptors (Lipinski definition) is 4. The average Bonchev–Trinajstić information content (AvgIpc) is 2.69. The predicted octanol–water partition coefficient (Wildman–Crippen LogP) is 2.62. The van der Waals surface area contributed by atoms with E-state index in [1.54, 1.807) is 12.1 Å². The molecular formula is C20H27N3O3S. The van der Waals surface area contributed by atoms with Crippen molar-refractivity contribution < 1.29 is 13.2 Å². The Morgan fingerprint density at radius 1 is 1.04 bits per heavy atom. The van der Waals surface area contributed by atoms with E-state index in [-0.39, 0.29) is 23.9 Å². The van der Waals surface area contributed by atoms with E-state index in [0.29, 0.717) is 18.5 Å². The summed E-state index contributed by atoms with van der Waals surface area (Å²) < 4.78 is 27.0. The van der Waals surface area contributed by atoms with Gasteiger partial charge in [0, 0.05) is 18.8 Å². The Morgan fingerprint density at radius 3 is 2.30 bits per heavy atom. The van der Waals surface area contributed by atoms with E-state index in [9.17, 15) is 13.2 Å². The first kappa shape index (κ1) is 21.1. The molecule has 0 bridgehead atoms. The van der Waals surface area contributed by atoms with Gasteiger partial charge in [-0.05, 0) is 36.6 Å². The Labute approximate surface area is 161 Å². The molecule has 4 N–H and O–H groups in total. The van der Waals surface area contributed by atoms with Crippen LogP contribution in [-0.2, 0) is 20.2 Å². The smallest absolute Gasteiger partial charge is 0.240 e. The Hall–Kier alpha value is -2.22. The predicted molar refractivity (Wildman–Crippen MR) is 108 cm³/mol. The summed E-state index contributed by atoms with van der Waals surface area (Å²) in [5, 5.41) is 2.90.